The van der Waals surface area contributed by atoms with Crippen LogP contribution in [0.5, 0.6) is 0 Å². The van der Waals surface area contributed by atoms with Gasteiger partial charge in [-0.2, -0.15) is 0 Å². The molecule has 0 fully saturated rings. The minimum atomic E-state index is -0.919. The minimum Gasteiger partial charge on any atom is -0.383 e. The second-order valence-electron chi connectivity index (χ2n) is 6.45. The number of imidazole rings is 1. The Balaban J connectivity index is 1.79. The Bertz CT molecular complexity index is 974. The Labute approximate surface area is 166 Å². The normalized spacial score (nSPS) is 10.9. The molecule has 0 bridgehead atoms. The summed E-state index contributed by atoms with van der Waals surface area (Å²) in [6.07, 6.45) is 3.28. The standard InChI is InChI=1S/C21H20F3N3O2/c1-29-11-10-27(21(28)16-3-5-17(22)6-4-16)14-20-25-8-9-26(20)13-15-2-7-18(23)19(24)12-15/h2-9,12H,10-11,13-14H2,1H3. The number of methoxy groups -OCH3 is 1. The van der Waals surface area contributed by atoms with E-state index in [1.165, 1.54) is 37.4 Å². The van der Waals surface area contributed by atoms with Crippen molar-refractivity contribution in [3.63, 3.8) is 0 Å². The zero-order chi connectivity index (χ0) is 20.8. The van der Waals surface area contributed by atoms with Crippen LogP contribution < -0.4 is 0 Å². The summed E-state index contributed by atoms with van der Waals surface area (Å²) in [4.78, 5) is 18.7. The number of ether oxygens (including phenoxy) is 1. The van der Waals surface area contributed by atoms with Crippen LogP contribution in [0, 0.1) is 17.5 Å². The SMILES string of the molecule is COCCN(Cc1nccn1Cc1ccc(F)c(F)c1)C(=O)c1ccc(F)cc1. The fourth-order valence-electron chi connectivity index (χ4n) is 2.87. The van der Waals surface area contributed by atoms with E-state index in [0.717, 1.165) is 12.1 Å². The lowest BCUT2D eigenvalue weighted by Crippen LogP contribution is -2.34. The van der Waals surface area contributed by atoms with Crippen molar-refractivity contribution in [2.75, 3.05) is 20.3 Å². The van der Waals surface area contributed by atoms with E-state index in [-0.39, 0.29) is 19.0 Å². The molecule has 3 aromatic rings. The second-order valence-corrected chi connectivity index (χ2v) is 6.45. The van der Waals surface area contributed by atoms with Gasteiger partial charge < -0.3 is 14.2 Å². The van der Waals surface area contributed by atoms with Crippen molar-refractivity contribution in [3.8, 4) is 0 Å². The zero-order valence-electron chi connectivity index (χ0n) is 15.8. The highest BCUT2D eigenvalue weighted by Crippen LogP contribution is 2.14. The van der Waals surface area contributed by atoms with Gasteiger partial charge in [-0.25, -0.2) is 18.2 Å². The number of carbonyl (C=O) groups is 1. The number of amides is 1. The molecule has 29 heavy (non-hydrogen) atoms. The maximum Gasteiger partial charge on any atom is 0.254 e. The van der Waals surface area contributed by atoms with E-state index < -0.39 is 17.5 Å². The number of hydrogen-bond donors (Lipinski definition) is 0. The lowest BCUT2D eigenvalue weighted by atomic mass is 10.2. The first-order valence-corrected chi connectivity index (χ1v) is 8.95. The highest BCUT2D eigenvalue weighted by molar-refractivity contribution is 5.94. The Morgan fingerprint density at radius 3 is 2.55 bits per heavy atom. The third-order valence-corrected chi connectivity index (χ3v) is 4.41. The molecule has 0 saturated heterocycles. The number of nitrogens with zero attached hydrogens (tertiary/aromatic N) is 3. The summed E-state index contributed by atoms with van der Waals surface area (Å²) in [6, 6.07) is 9.00. The quantitative estimate of drug-likeness (QED) is 0.577. The van der Waals surface area contributed by atoms with Gasteiger partial charge in [0.05, 0.1) is 13.2 Å². The molecule has 0 aliphatic rings. The first-order valence-electron chi connectivity index (χ1n) is 8.95. The number of carbonyl (C=O) groups excluding carboxylic acids is 1. The van der Waals surface area contributed by atoms with E-state index in [9.17, 15) is 18.0 Å². The van der Waals surface area contributed by atoms with Crippen molar-refractivity contribution in [3.05, 3.63) is 89.3 Å². The van der Waals surface area contributed by atoms with Gasteiger partial charge in [0.15, 0.2) is 11.6 Å². The molecule has 152 valence electrons. The predicted octanol–water partition coefficient (Wildman–Crippen LogP) is 3.64. The Morgan fingerprint density at radius 2 is 1.86 bits per heavy atom. The van der Waals surface area contributed by atoms with Crippen molar-refractivity contribution in [2.45, 2.75) is 13.1 Å². The van der Waals surface area contributed by atoms with E-state index in [2.05, 4.69) is 4.98 Å². The molecule has 3 rings (SSSR count). The molecule has 1 aromatic heterocycles. The van der Waals surface area contributed by atoms with Crippen LogP contribution in [0.1, 0.15) is 21.7 Å². The number of aromatic nitrogens is 2. The van der Waals surface area contributed by atoms with Crippen LogP contribution >= 0.6 is 0 Å². The van der Waals surface area contributed by atoms with Crippen LogP contribution in [0.25, 0.3) is 0 Å². The molecule has 0 spiro atoms. The molecule has 1 amide bonds. The maximum atomic E-state index is 13.5. The summed E-state index contributed by atoms with van der Waals surface area (Å²) in [6.45, 7) is 1.08. The molecular weight excluding hydrogens is 383 g/mol. The first-order chi connectivity index (χ1) is 14.0. The fraction of sp³-hybridized carbons (Fsp3) is 0.238. The van der Waals surface area contributed by atoms with E-state index in [1.54, 1.807) is 21.9 Å². The molecule has 0 saturated carbocycles. The highest BCUT2D eigenvalue weighted by Gasteiger charge is 2.18. The Hall–Kier alpha value is -3.13. The van der Waals surface area contributed by atoms with Crippen LogP contribution in [-0.2, 0) is 17.8 Å². The average Bonchev–Trinajstić information content (AvgIpc) is 3.14. The summed E-state index contributed by atoms with van der Waals surface area (Å²) < 4.78 is 46.6. The van der Waals surface area contributed by atoms with E-state index in [0.29, 0.717) is 30.1 Å². The van der Waals surface area contributed by atoms with Gasteiger partial charge in [-0.15, -0.1) is 0 Å². The molecule has 0 aliphatic carbocycles. The monoisotopic (exact) mass is 403 g/mol. The van der Waals surface area contributed by atoms with Gasteiger partial charge in [0.25, 0.3) is 5.91 Å². The third-order valence-electron chi connectivity index (χ3n) is 4.41. The Kier molecular flexibility index (Phi) is 6.66. The number of halogens is 3. The van der Waals surface area contributed by atoms with Gasteiger partial charge in [0.2, 0.25) is 0 Å². The van der Waals surface area contributed by atoms with E-state index >= 15 is 0 Å². The summed E-state index contributed by atoms with van der Waals surface area (Å²) in [7, 11) is 1.53. The van der Waals surface area contributed by atoms with Crippen LogP contribution in [0.2, 0.25) is 0 Å². The summed E-state index contributed by atoms with van der Waals surface area (Å²) in [5, 5.41) is 0. The smallest absolute Gasteiger partial charge is 0.254 e. The third kappa shape index (κ3) is 5.23. The first kappa shape index (κ1) is 20.6. The summed E-state index contributed by atoms with van der Waals surface area (Å²) in [5.74, 6) is -1.97. The number of benzene rings is 2. The average molecular weight is 403 g/mol. The lowest BCUT2D eigenvalue weighted by molar-refractivity contribution is 0.0673. The molecule has 0 unspecified atom stereocenters. The molecule has 0 atom stereocenters. The number of rotatable bonds is 8. The topological polar surface area (TPSA) is 47.4 Å². The van der Waals surface area contributed by atoms with Crippen molar-refractivity contribution >= 4 is 5.91 Å². The van der Waals surface area contributed by atoms with Gasteiger partial charge in [0, 0.05) is 38.2 Å². The summed E-state index contributed by atoms with van der Waals surface area (Å²) >= 11 is 0. The van der Waals surface area contributed by atoms with Crippen molar-refractivity contribution < 1.29 is 22.7 Å². The largest absolute Gasteiger partial charge is 0.383 e. The van der Waals surface area contributed by atoms with E-state index in [4.69, 9.17) is 4.74 Å². The molecule has 8 heteroatoms. The van der Waals surface area contributed by atoms with Crippen molar-refractivity contribution in [1.82, 2.24) is 14.5 Å². The molecule has 0 N–H and O–H groups in total. The van der Waals surface area contributed by atoms with Crippen LogP contribution in [0.4, 0.5) is 13.2 Å². The molecule has 5 nitrogen and oxygen atoms in total. The molecular formula is C21H20F3N3O2. The van der Waals surface area contributed by atoms with Crippen LogP contribution in [0.15, 0.2) is 54.9 Å². The van der Waals surface area contributed by atoms with Gasteiger partial charge in [-0.05, 0) is 42.0 Å². The molecule has 1 heterocycles. The molecule has 2 aromatic carbocycles. The van der Waals surface area contributed by atoms with Crippen LogP contribution in [0.3, 0.4) is 0 Å². The van der Waals surface area contributed by atoms with Gasteiger partial charge in [-0.1, -0.05) is 6.07 Å². The predicted molar refractivity (Wildman–Crippen MR) is 101 cm³/mol. The maximum absolute atomic E-state index is 13.5. The lowest BCUT2D eigenvalue weighted by Gasteiger charge is -2.23. The highest BCUT2D eigenvalue weighted by atomic mass is 19.2. The zero-order valence-corrected chi connectivity index (χ0v) is 15.8. The summed E-state index contributed by atoms with van der Waals surface area (Å²) in [5.41, 5.74) is 0.915. The van der Waals surface area contributed by atoms with Crippen molar-refractivity contribution in [2.24, 2.45) is 0 Å². The Morgan fingerprint density at radius 1 is 1.10 bits per heavy atom. The van der Waals surface area contributed by atoms with Crippen molar-refractivity contribution in [1.29, 1.82) is 0 Å². The van der Waals surface area contributed by atoms with Gasteiger partial charge >= 0.3 is 0 Å². The van der Waals surface area contributed by atoms with Crippen LogP contribution in [-0.4, -0.2) is 40.6 Å². The van der Waals surface area contributed by atoms with Gasteiger partial charge in [-0.3, -0.25) is 4.79 Å². The second kappa shape index (κ2) is 9.38. The molecule has 0 aliphatic heterocycles. The number of hydrogen-bond acceptors (Lipinski definition) is 3. The van der Waals surface area contributed by atoms with Gasteiger partial charge in [0.1, 0.15) is 11.6 Å². The minimum absolute atomic E-state index is 0.177. The fourth-order valence-corrected chi connectivity index (χ4v) is 2.87. The molecule has 0 radical (unpaired) electrons. The van der Waals surface area contributed by atoms with E-state index in [1.807, 2.05) is 0 Å².